The Labute approximate surface area is 225 Å². The zero-order valence-electron chi connectivity index (χ0n) is 21.3. The number of aliphatic carboxylic acids is 1. The van der Waals surface area contributed by atoms with Gasteiger partial charge in [0.2, 0.25) is 0 Å². The Bertz CT molecular complexity index is 1280. The van der Waals surface area contributed by atoms with Gasteiger partial charge in [-0.2, -0.15) is 0 Å². The molecule has 1 N–H and O–H groups in total. The third-order valence-corrected chi connectivity index (χ3v) is 7.58. The van der Waals surface area contributed by atoms with E-state index in [-0.39, 0.29) is 19.1 Å². The molecule has 0 unspecified atom stereocenters. The molecule has 1 amide bonds. The molecule has 200 valence electrons. The third kappa shape index (κ3) is 7.13. The molecular formula is C30H31F2NO4S. The number of carbonyl (C=O) groups is 2. The van der Waals surface area contributed by atoms with Gasteiger partial charge in [-0.15, -0.1) is 11.8 Å². The van der Waals surface area contributed by atoms with Crippen LogP contribution in [0, 0.1) is 17.6 Å². The normalized spacial score (nSPS) is 13.8. The lowest BCUT2D eigenvalue weighted by molar-refractivity contribution is -0.137. The number of hydrogen-bond donors (Lipinski definition) is 1. The predicted octanol–water partition coefficient (Wildman–Crippen LogP) is 7.04. The van der Waals surface area contributed by atoms with Crippen molar-refractivity contribution in [1.29, 1.82) is 0 Å². The molecule has 1 fully saturated rings. The molecule has 38 heavy (non-hydrogen) atoms. The molecule has 0 heterocycles. The summed E-state index contributed by atoms with van der Waals surface area (Å²) in [4.78, 5) is 26.7. The second-order valence-electron chi connectivity index (χ2n) is 9.56. The number of amides is 1. The molecule has 1 aliphatic carbocycles. The lowest BCUT2D eigenvalue weighted by atomic mass is 9.89. The fourth-order valence-electron chi connectivity index (χ4n) is 4.86. The average molecular weight is 540 g/mol. The highest BCUT2D eigenvalue weighted by molar-refractivity contribution is 7.98. The van der Waals surface area contributed by atoms with Crippen LogP contribution < -0.4 is 4.74 Å². The number of nitrogens with zero attached hydrogens (tertiary/aromatic N) is 1. The summed E-state index contributed by atoms with van der Waals surface area (Å²) < 4.78 is 33.3. The summed E-state index contributed by atoms with van der Waals surface area (Å²) in [7, 11) is 0. The number of hydrogen-bond acceptors (Lipinski definition) is 4. The summed E-state index contributed by atoms with van der Waals surface area (Å²) in [6.45, 7) is 0.344. The molecule has 0 spiro atoms. The van der Waals surface area contributed by atoms with Gasteiger partial charge in [-0.05, 0) is 78.1 Å². The van der Waals surface area contributed by atoms with E-state index in [1.807, 2.05) is 12.3 Å². The topological polar surface area (TPSA) is 66.8 Å². The molecule has 0 bridgehead atoms. The molecule has 0 radical (unpaired) electrons. The highest BCUT2D eigenvalue weighted by Gasteiger charge is 2.24. The lowest BCUT2D eigenvalue weighted by Crippen LogP contribution is -2.39. The SMILES string of the molecule is CSc1cc(F)c(F)cc1-c1ccc(OCc2cccc(C(=O)N(CC(=O)O)CC3CCCCC3)c2)cc1. The van der Waals surface area contributed by atoms with Crippen LogP contribution in [0.4, 0.5) is 8.78 Å². The third-order valence-electron chi connectivity index (χ3n) is 6.80. The zero-order valence-corrected chi connectivity index (χ0v) is 22.1. The number of halogens is 2. The van der Waals surface area contributed by atoms with Crippen molar-refractivity contribution in [2.75, 3.05) is 19.3 Å². The van der Waals surface area contributed by atoms with E-state index in [4.69, 9.17) is 4.74 Å². The second-order valence-corrected chi connectivity index (χ2v) is 10.4. The zero-order chi connectivity index (χ0) is 27.1. The van der Waals surface area contributed by atoms with Crippen LogP contribution in [0.2, 0.25) is 0 Å². The van der Waals surface area contributed by atoms with E-state index < -0.39 is 17.6 Å². The van der Waals surface area contributed by atoms with Crippen LogP contribution in [0.25, 0.3) is 11.1 Å². The first-order chi connectivity index (χ1) is 18.3. The number of ether oxygens (including phenoxy) is 1. The van der Waals surface area contributed by atoms with Crippen molar-refractivity contribution < 1.29 is 28.2 Å². The first-order valence-corrected chi connectivity index (χ1v) is 13.9. The van der Waals surface area contributed by atoms with Crippen LogP contribution in [0.1, 0.15) is 48.0 Å². The van der Waals surface area contributed by atoms with Crippen LogP contribution in [0.3, 0.4) is 0 Å². The predicted molar refractivity (Wildman–Crippen MR) is 144 cm³/mol. The van der Waals surface area contributed by atoms with Crippen LogP contribution in [-0.2, 0) is 11.4 Å². The molecular weight excluding hydrogens is 508 g/mol. The molecule has 0 aliphatic heterocycles. The van der Waals surface area contributed by atoms with Crippen LogP contribution in [0.15, 0.2) is 65.6 Å². The lowest BCUT2D eigenvalue weighted by Gasteiger charge is -2.29. The first kappa shape index (κ1) is 27.6. The number of benzene rings is 3. The fourth-order valence-corrected chi connectivity index (χ4v) is 5.48. The highest BCUT2D eigenvalue weighted by Crippen LogP contribution is 2.33. The minimum atomic E-state index is -1.02. The standard InChI is InChI=1S/C30H31F2NO4S/c1-38-28-16-27(32)26(31)15-25(28)22-10-12-24(13-11-22)37-19-21-8-5-9-23(14-21)30(36)33(18-29(34)35)17-20-6-3-2-4-7-20/h5,8-16,20H,2-4,6-7,17-19H2,1H3,(H,34,35). The van der Waals surface area contributed by atoms with E-state index in [9.17, 15) is 23.5 Å². The monoisotopic (exact) mass is 539 g/mol. The van der Waals surface area contributed by atoms with Crippen molar-refractivity contribution in [1.82, 2.24) is 4.90 Å². The van der Waals surface area contributed by atoms with Crippen molar-refractivity contribution in [2.24, 2.45) is 5.92 Å². The van der Waals surface area contributed by atoms with E-state index in [1.165, 1.54) is 35.2 Å². The Morgan fingerprint density at radius 2 is 1.71 bits per heavy atom. The summed E-state index contributed by atoms with van der Waals surface area (Å²) in [5.74, 6) is -2.17. The quantitative estimate of drug-likeness (QED) is 0.280. The molecule has 3 aromatic carbocycles. The second kappa shape index (κ2) is 12.9. The molecule has 5 nitrogen and oxygen atoms in total. The van der Waals surface area contributed by atoms with E-state index >= 15 is 0 Å². The number of carbonyl (C=O) groups excluding carboxylic acids is 1. The molecule has 0 saturated heterocycles. The highest BCUT2D eigenvalue weighted by atomic mass is 32.2. The maximum absolute atomic E-state index is 13.8. The van der Waals surface area contributed by atoms with Gasteiger partial charge in [0.05, 0.1) is 0 Å². The smallest absolute Gasteiger partial charge is 0.323 e. The largest absolute Gasteiger partial charge is 0.489 e. The van der Waals surface area contributed by atoms with E-state index in [1.54, 1.807) is 42.5 Å². The molecule has 1 saturated carbocycles. The molecule has 0 atom stereocenters. The summed E-state index contributed by atoms with van der Waals surface area (Å²) >= 11 is 1.34. The Morgan fingerprint density at radius 3 is 2.39 bits per heavy atom. The molecule has 4 rings (SSSR count). The van der Waals surface area contributed by atoms with E-state index in [0.29, 0.717) is 34.2 Å². The summed E-state index contributed by atoms with van der Waals surface area (Å²) in [6, 6.07) is 16.5. The summed E-state index contributed by atoms with van der Waals surface area (Å²) in [5.41, 5.74) is 2.55. The van der Waals surface area contributed by atoms with E-state index in [0.717, 1.165) is 36.8 Å². The Hall–Kier alpha value is -3.39. The van der Waals surface area contributed by atoms with E-state index in [2.05, 4.69) is 0 Å². The van der Waals surface area contributed by atoms with Gasteiger partial charge in [-0.25, -0.2) is 8.78 Å². The van der Waals surface area contributed by atoms with Gasteiger partial charge in [0.15, 0.2) is 11.6 Å². The number of thioether (sulfide) groups is 1. The van der Waals surface area contributed by atoms with Gasteiger partial charge >= 0.3 is 5.97 Å². The molecule has 3 aromatic rings. The molecule has 1 aliphatic rings. The Morgan fingerprint density at radius 1 is 1.00 bits per heavy atom. The first-order valence-electron chi connectivity index (χ1n) is 12.7. The Kier molecular flexibility index (Phi) is 9.39. The van der Waals surface area contributed by atoms with Crippen LogP contribution >= 0.6 is 11.8 Å². The minimum absolute atomic E-state index is 0.212. The fraction of sp³-hybridized carbons (Fsp3) is 0.333. The minimum Gasteiger partial charge on any atom is -0.489 e. The summed E-state index contributed by atoms with van der Waals surface area (Å²) in [6.07, 6.45) is 7.27. The summed E-state index contributed by atoms with van der Waals surface area (Å²) in [5, 5.41) is 9.37. The number of carboxylic acids is 1. The van der Waals surface area contributed by atoms with Gasteiger partial charge in [0, 0.05) is 17.0 Å². The number of rotatable bonds is 10. The average Bonchev–Trinajstić information content (AvgIpc) is 2.93. The van der Waals surface area contributed by atoms with Crippen molar-refractivity contribution >= 4 is 23.6 Å². The van der Waals surface area contributed by atoms with Gasteiger partial charge in [-0.3, -0.25) is 9.59 Å². The maximum Gasteiger partial charge on any atom is 0.323 e. The van der Waals surface area contributed by atoms with Crippen molar-refractivity contribution in [3.8, 4) is 16.9 Å². The van der Waals surface area contributed by atoms with Crippen LogP contribution in [-0.4, -0.2) is 41.2 Å². The van der Waals surface area contributed by atoms with Gasteiger partial charge < -0.3 is 14.7 Å². The van der Waals surface area contributed by atoms with Crippen molar-refractivity contribution in [3.63, 3.8) is 0 Å². The Balaban J connectivity index is 1.42. The number of carboxylic acid groups (broad SMARTS) is 1. The maximum atomic E-state index is 13.8. The van der Waals surface area contributed by atoms with Gasteiger partial charge in [-0.1, -0.05) is 43.5 Å². The van der Waals surface area contributed by atoms with Crippen molar-refractivity contribution in [3.05, 3.63) is 83.4 Å². The van der Waals surface area contributed by atoms with Crippen molar-refractivity contribution in [2.45, 2.75) is 43.6 Å². The van der Waals surface area contributed by atoms with Gasteiger partial charge in [0.25, 0.3) is 5.91 Å². The molecule has 0 aromatic heterocycles. The molecule has 8 heteroatoms. The van der Waals surface area contributed by atoms with Gasteiger partial charge in [0.1, 0.15) is 18.9 Å². The van der Waals surface area contributed by atoms with Crippen LogP contribution in [0.5, 0.6) is 5.75 Å².